The van der Waals surface area contributed by atoms with Crippen molar-refractivity contribution in [1.82, 2.24) is 5.32 Å². The van der Waals surface area contributed by atoms with E-state index in [4.69, 9.17) is 25.8 Å². The van der Waals surface area contributed by atoms with Crippen LogP contribution in [0.5, 0.6) is 17.2 Å². The highest BCUT2D eigenvalue weighted by molar-refractivity contribution is 6.34. The lowest BCUT2D eigenvalue weighted by molar-refractivity contribution is -0.116. The Kier molecular flexibility index (Phi) is 7.52. The largest absolute Gasteiger partial charge is 0.493 e. The summed E-state index contributed by atoms with van der Waals surface area (Å²) in [4.78, 5) is 24.2. The fourth-order valence-electron chi connectivity index (χ4n) is 2.74. The molecule has 0 aliphatic rings. The lowest BCUT2D eigenvalue weighted by atomic mass is 10.1. The Balaban J connectivity index is 2.10. The third-order valence-electron chi connectivity index (χ3n) is 4.13. The van der Waals surface area contributed by atoms with Crippen molar-refractivity contribution in [3.05, 3.63) is 46.5 Å². The van der Waals surface area contributed by atoms with E-state index < -0.39 is 0 Å². The van der Waals surface area contributed by atoms with E-state index in [9.17, 15) is 9.59 Å². The van der Waals surface area contributed by atoms with Crippen molar-refractivity contribution in [2.24, 2.45) is 0 Å². The third kappa shape index (κ3) is 4.86. The lowest BCUT2D eigenvalue weighted by Gasteiger charge is -2.15. The summed E-state index contributed by atoms with van der Waals surface area (Å²) in [7, 11) is 6.13. The van der Waals surface area contributed by atoms with Crippen molar-refractivity contribution in [1.29, 1.82) is 0 Å². The summed E-state index contributed by atoms with van der Waals surface area (Å²) < 4.78 is 16.1. The van der Waals surface area contributed by atoms with Gasteiger partial charge in [-0.3, -0.25) is 9.59 Å². The number of halogens is 1. The third-order valence-corrected chi connectivity index (χ3v) is 4.46. The molecule has 0 unspecified atom stereocenters. The molecule has 0 spiro atoms. The maximum atomic E-state index is 12.4. The van der Waals surface area contributed by atoms with Gasteiger partial charge in [0.15, 0.2) is 11.5 Å². The molecule has 0 saturated carbocycles. The number of rotatable bonds is 8. The first-order chi connectivity index (χ1) is 13.4. The molecule has 0 aliphatic carbocycles. The number of hydrogen-bond acceptors (Lipinski definition) is 5. The zero-order chi connectivity index (χ0) is 20.7. The molecule has 2 N–H and O–H groups in total. The van der Waals surface area contributed by atoms with Crippen LogP contribution in [0.2, 0.25) is 5.02 Å². The number of carbonyl (C=O) groups excluding carboxylic acids is 2. The molecular formula is C20H23ClN2O5. The smallest absolute Gasteiger partial charge is 0.252 e. The summed E-state index contributed by atoms with van der Waals surface area (Å²) in [6, 6.07) is 8.35. The van der Waals surface area contributed by atoms with E-state index in [2.05, 4.69) is 10.6 Å². The Morgan fingerprint density at radius 1 is 1.00 bits per heavy atom. The van der Waals surface area contributed by atoms with Crippen LogP contribution >= 0.6 is 11.6 Å². The average Bonchev–Trinajstić information content (AvgIpc) is 2.71. The van der Waals surface area contributed by atoms with Crippen molar-refractivity contribution in [2.45, 2.75) is 12.8 Å². The molecule has 8 heteroatoms. The molecule has 2 amide bonds. The first-order valence-electron chi connectivity index (χ1n) is 8.54. The van der Waals surface area contributed by atoms with Gasteiger partial charge in [0, 0.05) is 19.2 Å². The van der Waals surface area contributed by atoms with Gasteiger partial charge in [-0.05, 0) is 36.2 Å². The van der Waals surface area contributed by atoms with Gasteiger partial charge in [0.1, 0.15) is 0 Å². The molecule has 150 valence electrons. The first-order valence-corrected chi connectivity index (χ1v) is 8.92. The molecule has 0 radical (unpaired) electrons. The van der Waals surface area contributed by atoms with Gasteiger partial charge in [0.2, 0.25) is 11.7 Å². The zero-order valence-corrected chi connectivity index (χ0v) is 17.0. The Hall–Kier alpha value is -2.93. The van der Waals surface area contributed by atoms with E-state index in [-0.39, 0.29) is 18.2 Å². The van der Waals surface area contributed by atoms with Crippen LogP contribution in [0.3, 0.4) is 0 Å². The maximum absolute atomic E-state index is 12.4. The minimum absolute atomic E-state index is 0.206. The number of anilines is 1. The van der Waals surface area contributed by atoms with Gasteiger partial charge in [0.25, 0.3) is 5.91 Å². The van der Waals surface area contributed by atoms with Gasteiger partial charge in [-0.25, -0.2) is 0 Å². The fraction of sp³-hybridized carbons (Fsp3) is 0.300. The highest BCUT2D eigenvalue weighted by atomic mass is 35.5. The Labute approximate surface area is 168 Å². The first kappa shape index (κ1) is 21.4. The highest BCUT2D eigenvalue weighted by Gasteiger charge is 2.17. The molecule has 0 atom stereocenters. The predicted octanol–water partition coefficient (Wildman–Crippen LogP) is 3.30. The number of aryl methyl sites for hydroxylation is 1. The number of carbonyl (C=O) groups is 2. The maximum Gasteiger partial charge on any atom is 0.252 e. The highest BCUT2D eigenvalue weighted by Crippen LogP contribution is 2.40. The molecule has 0 saturated heterocycles. The Bertz CT molecular complexity index is 870. The van der Waals surface area contributed by atoms with Gasteiger partial charge in [-0.2, -0.15) is 0 Å². The summed E-state index contributed by atoms with van der Waals surface area (Å²) in [5.41, 5.74) is 1.60. The van der Waals surface area contributed by atoms with Gasteiger partial charge >= 0.3 is 0 Å². The van der Waals surface area contributed by atoms with Gasteiger partial charge in [0.05, 0.1) is 31.9 Å². The second kappa shape index (κ2) is 9.85. The van der Waals surface area contributed by atoms with Crippen LogP contribution in [0.1, 0.15) is 22.3 Å². The number of amides is 2. The van der Waals surface area contributed by atoms with Gasteiger partial charge < -0.3 is 24.8 Å². The molecule has 0 fully saturated rings. The zero-order valence-electron chi connectivity index (χ0n) is 16.2. The topological polar surface area (TPSA) is 85.9 Å². The normalized spacial score (nSPS) is 10.2. The van der Waals surface area contributed by atoms with Gasteiger partial charge in [-0.1, -0.05) is 17.7 Å². The molecule has 2 aromatic carbocycles. The number of ether oxygens (including phenoxy) is 3. The van der Waals surface area contributed by atoms with Crippen molar-refractivity contribution < 1.29 is 23.8 Å². The van der Waals surface area contributed by atoms with E-state index in [0.29, 0.717) is 39.9 Å². The number of methoxy groups -OCH3 is 3. The molecule has 2 aromatic rings. The number of benzene rings is 2. The Morgan fingerprint density at radius 3 is 2.32 bits per heavy atom. The molecule has 28 heavy (non-hydrogen) atoms. The van der Waals surface area contributed by atoms with Gasteiger partial charge in [-0.15, -0.1) is 0 Å². The van der Waals surface area contributed by atoms with Crippen LogP contribution < -0.4 is 24.8 Å². The van der Waals surface area contributed by atoms with Crippen LogP contribution in [0, 0.1) is 0 Å². The van der Waals surface area contributed by atoms with Crippen LogP contribution in [-0.2, 0) is 11.2 Å². The van der Waals surface area contributed by atoms with E-state index in [0.717, 1.165) is 5.56 Å². The van der Waals surface area contributed by atoms with E-state index in [1.807, 2.05) is 6.07 Å². The van der Waals surface area contributed by atoms with Crippen LogP contribution in [0.25, 0.3) is 0 Å². The summed E-state index contributed by atoms with van der Waals surface area (Å²) in [6.45, 7) is 0. The van der Waals surface area contributed by atoms with Crippen molar-refractivity contribution >= 4 is 29.1 Å². The van der Waals surface area contributed by atoms with Crippen LogP contribution in [-0.4, -0.2) is 40.2 Å². The minimum Gasteiger partial charge on any atom is -0.493 e. The molecule has 0 heterocycles. The second-order valence-electron chi connectivity index (χ2n) is 5.82. The lowest BCUT2D eigenvalue weighted by Crippen LogP contribution is -2.19. The fourth-order valence-corrected chi connectivity index (χ4v) is 2.95. The van der Waals surface area contributed by atoms with E-state index >= 15 is 0 Å². The van der Waals surface area contributed by atoms with Crippen LogP contribution in [0.4, 0.5) is 5.69 Å². The summed E-state index contributed by atoms with van der Waals surface area (Å²) >= 11 is 6.02. The van der Waals surface area contributed by atoms with E-state index in [1.54, 1.807) is 25.3 Å². The molecule has 0 bridgehead atoms. The quantitative estimate of drug-likeness (QED) is 0.702. The molecule has 2 rings (SSSR count). The van der Waals surface area contributed by atoms with Crippen molar-refractivity contribution in [3.63, 3.8) is 0 Å². The molecule has 0 aliphatic heterocycles. The molecule has 0 aromatic heterocycles. The summed E-state index contributed by atoms with van der Waals surface area (Å²) in [5, 5.41) is 5.60. The van der Waals surface area contributed by atoms with E-state index in [1.165, 1.54) is 27.3 Å². The summed E-state index contributed by atoms with van der Waals surface area (Å²) in [6.07, 6.45) is 0.648. The van der Waals surface area contributed by atoms with Crippen molar-refractivity contribution in [2.75, 3.05) is 33.7 Å². The van der Waals surface area contributed by atoms with Crippen molar-refractivity contribution in [3.8, 4) is 17.2 Å². The monoisotopic (exact) mass is 406 g/mol. The Morgan fingerprint density at radius 2 is 1.71 bits per heavy atom. The summed E-state index contributed by atoms with van der Waals surface area (Å²) in [5.74, 6) is 1.03. The predicted molar refractivity (Wildman–Crippen MR) is 108 cm³/mol. The minimum atomic E-state index is -0.323. The molecular weight excluding hydrogens is 384 g/mol. The van der Waals surface area contributed by atoms with Crippen LogP contribution in [0.15, 0.2) is 30.3 Å². The standard InChI is InChI=1S/C20H23ClN2O5/c1-22-20(25)14-11-13(7-8-15(14)21)23-17(24)10-6-12-5-9-16(26-2)19(28-4)18(12)27-3/h5,7-9,11H,6,10H2,1-4H3,(H,22,25)(H,23,24). The number of hydrogen-bond donors (Lipinski definition) is 2. The molecule has 7 nitrogen and oxygen atoms in total. The SMILES string of the molecule is CNC(=O)c1cc(NC(=O)CCc2ccc(OC)c(OC)c2OC)ccc1Cl. The second-order valence-corrected chi connectivity index (χ2v) is 6.22. The average molecular weight is 407 g/mol. The number of nitrogens with one attached hydrogen (secondary N) is 2.